The molecule has 9 heteroatoms. The normalized spacial score (nSPS) is 17.4. The minimum Gasteiger partial charge on any atom is -0.460 e. The number of thiocarbonyl (C=S) groups is 1. The number of halogens is 2. The number of esters is 1. The SMILES string of the molecule is COCCOC(=O)C1=C(C)N(C)C(=S)N[C@H]1c1ccccc1OC(F)F. The van der Waals surface area contributed by atoms with Crippen molar-refractivity contribution in [3.8, 4) is 5.75 Å². The zero-order valence-corrected chi connectivity index (χ0v) is 15.4. The van der Waals surface area contributed by atoms with Crippen LogP contribution in [-0.2, 0) is 14.3 Å². The molecule has 0 unspecified atom stereocenters. The van der Waals surface area contributed by atoms with Crippen LogP contribution in [0.5, 0.6) is 5.75 Å². The quantitative estimate of drug-likeness (QED) is 0.439. The highest BCUT2D eigenvalue weighted by atomic mass is 32.1. The van der Waals surface area contributed by atoms with Gasteiger partial charge in [-0.25, -0.2) is 4.79 Å². The topological polar surface area (TPSA) is 60.0 Å². The highest BCUT2D eigenvalue weighted by Crippen LogP contribution is 2.36. The first-order valence-corrected chi connectivity index (χ1v) is 8.22. The summed E-state index contributed by atoms with van der Waals surface area (Å²) in [4.78, 5) is 14.2. The molecule has 0 aliphatic carbocycles. The summed E-state index contributed by atoms with van der Waals surface area (Å²) in [5.41, 5.74) is 1.19. The number of para-hydroxylation sites is 1. The molecule has 0 saturated carbocycles. The van der Waals surface area contributed by atoms with Gasteiger partial charge in [-0.3, -0.25) is 0 Å². The molecule has 0 aromatic heterocycles. The Kier molecular flexibility index (Phi) is 6.87. The maximum absolute atomic E-state index is 12.8. The number of allylic oxidation sites excluding steroid dienone is 1. The van der Waals surface area contributed by atoms with E-state index in [9.17, 15) is 13.6 Å². The molecule has 2 rings (SSSR count). The fourth-order valence-electron chi connectivity index (χ4n) is 2.55. The molecule has 1 heterocycles. The lowest BCUT2D eigenvalue weighted by atomic mass is 9.94. The second kappa shape index (κ2) is 8.91. The number of methoxy groups -OCH3 is 1. The van der Waals surface area contributed by atoms with E-state index in [1.165, 1.54) is 13.2 Å². The highest BCUT2D eigenvalue weighted by molar-refractivity contribution is 7.80. The molecule has 26 heavy (non-hydrogen) atoms. The van der Waals surface area contributed by atoms with Gasteiger partial charge in [0.2, 0.25) is 0 Å². The second-order valence-electron chi connectivity index (χ2n) is 5.49. The van der Waals surface area contributed by atoms with E-state index in [2.05, 4.69) is 10.1 Å². The molecule has 1 aromatic rings. The Hall–Kier alpha value is -2.26. The van der Waals surface area contributed by atoms with E-state index in [0.717, 1.165) is 0 Å². The predicted octanol–water partition coefficient (Wildman–Crippen LogP) is 2.61. The van der Waals surface area contributed by atoms with Gasteiger partial charge in [0.05, 0.1) is 18.2 Å². The van der Waals surface area contributed by atoms with Gasteiger partial charge in [-0.2, -0.15) is 8.78 Å². The van der Waals surface area contributed by atoms with Crippen LogP contribution in [-0.4, -0.2) is 50.0 Å². The number of nitrogens with zero attached hydrogens (tertiary/aromatic N) is 1. The van der Waals surface area contributed by atoms with Crippen LogP contribution < -0.4 is 10.1 Å². The third-order valence-electron chi connectivity index (χ3n) is 3.94. The van der Waals surface area contributed by atoms with Gasteiger partial charge in [0.25, 0.3) is 0 Å². The molecule has 1 aliphatic rings. The van der Waals surface area contributed by atoms with Crippen molar-refractivity contribution >= 4 is 23.3 Å². The van der Waals surface area contributed by atoms with Crippen LogP contribution in [0.1, 0.15) is 18.5 Å². The summed E-state index contributed by atoms with van der Waals surface area (Å²) in [5, 5.41) is 3.34. The Labute approximate surface area is 155 Å². The van der Waals surface area contributed by atoms with Gasteiger partial charge < -0.3 is 24.4 Å². The summed E-state index contributed by atoms with van der Waals surface area (Å²) in [6, 6.07) is 5.47. The third kappa shape index (κ3) is 4.47. The van der Waals surface area contributed by atoms with Crippen molar-refractivity contribution in [3.05, 3.63) is 41.1 Å². The second-order valence-corrected chi connectivity index (χ2v) is 5.87. The standard InChI is InChI=1S/C17H20F2N2O4S/c1-10-13(15(22)24-9-8-23-3)14(20-17(26)21(10)2)11-6-4-5-7-12(11)25-16(18)19/h4-7,14,16H,8-9H2,1-3H3,(H,20,26)/t14-/m0/s1. The molecule has 1 aliphatic heterocycles. The maximum atomic E-state index is 12.8. The Morgan fingerprint density at radius 2 is 2.04 bits per heavy atom. The molecule has 0 radical (unpaired) electrons. The Balaban J connectivity index is 2.44. The summed E-state index contributed by atoms with van der Waals surface area (Å²) in [6.07, 6.45) is 0. The van der Waals surface area contributed by atoms with Gasteiger partial charge in [-0.1, -0.05) is 18.2 Å². The van der Waals surface area contributed by atoms with Gasteiger partial charge in [-0.15, -0.1) is 0 Å². The van der Waals surface area contributed by atoms with E-state index in [1.807, 2.05) is 0 Å². The first-order valence-electron chi connectivity index (χ1n) is 7.81. The Morgan fingerprint density at radius 3 is 2.69 bits per heavy atom. The van der Waals surface area contributed by atoms with Crippen molar-refractivity contribution in [1.82, 2.24) is 10.2 Å². The molecule has 0 amide bonds. The third-order valence-corrected chi connectivity index (χ3v) is 4.33. The van der Waals surface area contributed by atoms with Gasteiger partial charge in [0.1, 0.15) is 12.4 Å². The van der Waals surface area contributed by atoms with E-state index in [-0.39, 0.29) is 24.5 Å². The molecule has 0 spiro atoms. The zero-order chi connectivity index (χ0) is 19.3. The molecule has 1 N–H and O–H groups in total. The molecular weight excluding hydrogens is 366 g/mol. The van der Waals surface area contributed by atoms with Gasteiger partial charge >= 0.3 is 12.6 Å². The van der Waals surface area contributed by atoms with Crippen LogP contribution in [0.4, 0.5) is 8.78 Å². The molecule has 1 aromatic carbocycles. The van der Waals surface area contributed by atoms with E-state index in [4.69, 9.17) is 21.7 Å². The number of benzene rings is 1. The number of hydrogen-bond acceptors (Lipinski definition) is 5. The van der Waals surface area contributed by atoms with Crippen LogP contribution in [0.15, 0.2) is 35.5 Å². The number of ether oxygens (including phenoxy) is 3. The van der Waals surface area contributed by atoms with Crippen molar-refractivity contribution in [3.63, 3.8) is 0 Å². The Bertz CT molecular complexity index is 712. The first-order chi connectivity index (χ1) is 12.4. The molecule has 0 saturated heterocycles. The van der Waals surface area contributed by atoms with Gasteiger partial charge in [-0.05, 0) is 25.2 Å². The van der Waals surface area contributed by atoms with Crippen molar-refractivity contribution in [2.45, 2.75) is 19.6 Å². The van der Waals surface area contributed by atoms with Gasteiger partial charge in [0, 0.05) is 25.4 Å². The summed E-state index contributed by atoms with van der Waals surface area (Å²) in [7, 11) is 3.19. The van der Waals surface area contributed by atoms with Crippen molar-refractivity contribution in [2.24, 2.45) is 0 Å². The maximum Gasteiger partial charge on any atom is 0.387 e. The van der Waals surface area contributed by atoms with Crippen molar-refractivity contribution in [2.75, 3.05) is 27.4 Å². The lowest BCUT2D eigenvalue weighted by Gasteiger charge is -2.35. The van der Waals surface area contributed by atoms with Crippen molar-refractivity contribution in [1.29, 1.82) is 0 Å². The monoisotopic (exact) mass is 386 g/mol. The molecule has 6 nitrogen and oxygen atoms in total. The Morgan fingerprint density at radius 1 is 1.35 bits per heavy atom. The average molecular weight is 386 g/mol. The molecule has 142 valence electrons. The summed E-state index contributed by atoms with van der Waals surface area (Å²) in [6.45, 7) is -0.960. The van der Waals surface area contributed by atoms with E-state index >= 15 is 0 Å². The fourth-order valence-corrected chi connectivity index (χ4v) is 2.81. The summed E-state index contributed by atoms with van der Waals surface area (Å²) in [5.74, 6) is -0.624. The smallest absolute Gasteiger partial charge is 0.387 e. The van der Waals surface area contributed by atoms with Gasteiger partial charge in [0.15, 0.2) is 5.11 Å². The van der Waals surface area contributed by atoms with Crippen molar-refractivity contribution < 1.29 is 27.8 Å². The number of hydrogen-bond donors (Lipinski definition) is 1. The van der Waals surface area contributed by atoms with Crippen LogP contribution in [0, 0.1) is 0 Å². The van der Waals surface area contributed by atoms with Crippen LogP contribution in [0.25, 0.3) is 0 Å². The van der Waals surface area contributed by atoms with E-state index in [0.29, 0.717) is 16.4 Å². The first kappa shape index (κ1) is 20.1. The zero-order valence-electron chi connectivity index (χ0n) is 14.6. The largest absolute Gasteiger partial charge is 0.460 e. The highest BCUT2D eigenvalue weighted by Gasteiger charge is 2.35. The number of alkyl halides is 2. The minimum absolute atomic E-state index is 0.0395. The summed E-state index contributed by atoms with van der Waals surface area (Å²) >= 11 is 5.28. The minimum atomic E-state index is -2.99. The lowest BCUT2D eigenvalue weighted by molar-refractivity contribution is -0.140. The van der Waals surface area contributed by atoms with Crippen LogP contribution >= 0.6 is 12.2 Å². The predicted molar refractivity (Wildman–Crippen MR) is 94.8 cm³/mol. The van der Waals surface area contributed by atoms with Crippen LogP contribution in [0.2, 0.25) is 0 Å². The number of carbonyl (C=O) groups is 1. The van der Waals surface area contributed by atoms with E-state index in [1.54, 1.807) is 37.1 Å². The van der Waals surface area contributed by atoms with E-state index < -0.39 is 18.6 Å². The number of nitrogens with one attached hydrogen (secondary N) is 1. The molecule has 0 bridgehead atoms. The average Bonchev–Trinajstić information content (AvgIpc) is 2.59. The molecule has 0 fully saturated rings. The lowest BCUT2D eigenvalue weighted by Crippen LogP contribution is -2.46. The fraction of sp³-hybridized carbons (Fsp3) is 0.412. The number of rotatable bonds is 7. The molecule has 1 atom stereocenters. The molecular formula is C17H20F2N2O4S. The summed E-state index contributed by atoms with van der Waals surface area (Å²) < 4.78 is 40.2. The van der Waals surface area contributed by atoms with Crippen LogP contribution in [0.3, 0.4) is 0 Å². The number of carbonyl (C=O) groups excluding carboxylic acids is 1.